The van der Waals surface area contributed by atoms with Crippen LogP contribution in [0, 0.1) is 5.92 Å². The molecule has 0 aliphatic carbocycles. The van der Waals surface area contributed by atoms with Gasteiger partial charge in [-0.05, 0) is 42.8 Å². The van der Waals surface area contributed by atoms with E-state index >= 15 is 0 Å². The molecule has 3 atom stereocenters. The van der Waals surface area contributed by atoms with E-state index in [2.05, 4.69) is 5.01 Å². The maximum atomic E-state index is 13.5. The van der Waals surface area contributed by atoms with Gasteiger partial charge in [0, 0.05) is 33.7 Å². The minimum Gasteiger partial charge on any atom is -0.274 e. The Hall–Kier alpha value is -1.63. The Kier molecular flexibility index (Phi) is 4.41. The molecule has 3 heterocycles. The molecular weight excluding hydrogens is 421 g/mol. The van der Waals surface area contributed by atoms with Crippen LogP contribution in [0.4, 0.5) is 5.69 Å². The summed E-state index contributed by atoms with van der Waals surface area (Å²) in [7, 11) is 0. The average molecular weight is 437 g/mol. The molecule has 3 fully saturated rings. The lowest BCUT2D eigenvalue weighted by molar-refractivity contribution is -0.126. The van der Waals surface area contributed by atoms with E-state index in [0.717, 1.165) is 19.5 Å². The molecule has 0 aromatic heterocycles. The van der Waals surface area contributed by atoms with Gasteiger partial charge in [0.25, 0.3) is 5.91 Å². The lowest BCUT2D eigenvalue weighted by atomic mass is 9.89. The van der Waals surface area contributed by atoms with E-state index < -0.39 is 12.0 Å². The van der Waals surface area contributed by atoms with Gasteiger partial charge in [-0.3, -0.25) is 9.59 Å². The Morgan fingerprint density at radius 3 is 2.04 bits per heavy atom. The standard InChI is InChI=1S/C20H16Cl3N3O2/c21-11-5-7-12(8-6-11)26-19(27)16-17(15-13(22)3-1-4-14(15)23)24-9-2-10-25(24)18(16)20(26)28/h1,3-8,16-18H,2,9-10H2. The molecule has 2 amide bonds. The van der Waals surface area contributed by atoms with Crippen molar-refractivity contribution in [2.24, 2.45) is 5.92 Å². The fourth-order valence-electron chi connectivity index (χ4n) is 4.70. The van der Waals surface area contributed by atoms with Crippen molar-refractivity contribution in [3.63, 3.8) is 0 Å². The monoisotopic (exact) mass is 435 g/mol. The number of imide groups is 1. The molecule has 3 saturated heterocycles. The quantitative estimate of drug-likeness (QED) is 0.663. The summed E-state index contributed by atoms with van der Waals surface area (Å²) in [5, 5.41) is 5.68. The molecule has 5 rings (SSSR count). The third-order valence-corrected chi connectivity index (χ3v) is 6.70. The van der Waals surface area contributed by atoms with Crippen molar-refractivity contribution >= 4 is 52.3 Å². The van der Waals surface area contributed by atoms with Crippen LogP contribution in [0.15, 0.2) is 42.5 Å². The lowest BCUT2D eigenvalue weighted by Crippen LogP contribution is -2.44. The van der Waals surface area contributed by atoms with Crippen LogP contribution >= 0.6 is 34.8 Å². The van der Waals surface area contributed by atoms with Gasteiger partial charge in [-0.15, -0.1) is 0 Å². The summed E-state index contributed by atoms with van der Waals surface area (Å²) >= 11 is 18.9. The molecule has 2 aromatic rings. The second-order valence-electron chi connectivity index (χ2n) is 7.22. The van der Waals surface area contributed by atoms with Crippen molar-refractivity contribution in [1.29, 1.82) is 0 Å². The lowest BCUT2D eigenvalue weighted by Gasteiger charge is -2.30. The molecule has 3 unspecified atom stereocenters. The van der Waals surface area contributed by atoms with E-state index in [4.69, 9.17) is 34.8 Å². The smallest absolute Gasteiger partial charge is 0.253 e. The molecule has 3 aliphatic rings. The Balaban J connectivity index is 1.62. The second kappa shape index (κ2) is 6.71. The maximum absolute atomic E-state index is 13.5. The van der Waals surface area contributed by atoms with Gasteiger partial charge in [-0.25, -0.2) is 14.9 Å². The molecule has 3 aliphatic heterocycles. The Morgan fingerprint density at radius 1 is 0.786 bits per heavy atom. The van der Waals surface area contributed by atoms with E-state index in [1.54, 1.807) is 42.5 Å². The number of carbonyl (C=O) groups is 2. The summed E-state index contributed by atoms with van der Waals surface area (Å²) in [6.07, 6.45) is 0.921. The van der Waals surface area contributed by atoms with Crippen molar-refractivity contribution in [3.8, 4) is 0 Å². The summed E-state index contributed by atoms with van der Waals surface area (Å²) in [5.41, 5.74) is 1.24. The van der Waals surface area contributed by atoms with E-state index in [0.29, 0.717) is 26.3 Å². The average Bonchev–Trinajstić information content (AvgIpc) is 3.30. The third-order valence-electron chi connectivity index (χ3n) is 5.79. The minimum absolute atomic E-state index is 0.213. The Bertz CT molecular complexity index is 961. The highest BCUT2D eigenvalue weighted by molar-refractivity contribution is 6.36. The molecule has 0 bridgehead atoms. The largest absolute Gasteiger partial charge is 0.274 e. The van der Waals surface area contributed by atoms with Crippen LogP contribution in [0.3, 0.4) is 0 Å². The minimum atomic E-state index is -0.555. The second-order valence-corrected chi connectivity index (χ2v) is 8.47. The summed E-state index contributed by atoms with van der Waals surface area (Å²) in [5.74, 6) is -0.997. The predicted octanol–water partition coefficient (Wildman–Crippen LogP) is 4.18. The number of hydrazine groups is 1. The van der Waals surface area contributed by atoms with Crippen LogP contribution in [0.25, 0.3) is 0 Å². The number of hydrogen-bond acceptors (Lipinski definition) is 4. The van der Waals surface area contributed by atoms with Crippen LogP contribution in [0.1, 0.15) is 18.0 Å². The highest BCUT2D eigenvalue weighted by Gasteiger charge is 2.63. The van der Waals surface area contributed by atoms with Gasteiger partial charge in [0.15, 0.2) is 0 Å². The van der Waals surface area contributed by atoms with E-state index in [-0.39, 0.29) is 17.9 Å². The number of hydrogen-bond donors (Lipinski definition) is 0. The van der Waals surface area contributed by atoms with Gasteiger partial charge in [-0.2, -0.15) is 0 Å². The summed E-state index contributed by atoms with van der Waals surface area (Å²) < 4.78 is 0. The maximum Gasteiger partial charge on any atom is 0.253 e. The molecule has 0 saturated carbocycles. The predicted molar refractivity (Wildman–Crippen MR) is 108 cm³/mol. The number of halogens is 3. The number of amides is 2. The van der Waals surface area contributed by atoms with E-state index in [1.807, 2.05) is 5.01 Å². The van der Waals surface area contributed by atoms with Gasteiger partial charge in [0.1, 0.15) is 6.04 Å². The van der Waals surface area contributed by atoms with Crippen LogP contribution < -0.4 is 4.90 Å². The topological polar surface area (TPSA) is 43.9 Å². The number of carbonyl (C=O) groups excluding carboxylic acids is 2. The van der Waals surface area contributed by atoms with Crippen LogP contribution in [0.5, 0.6) is 0 Å². The van der Waals surface area contributed by atoms with Crippen LogP contribution in [-0.4, -0.2) is 41.0 Å². The van der Waals surface area contributed by atoms with Crippen LogP contribution in [0.2, 0.25) is 15.1 Å². The first-order chi connectivity index (χ1) is 13.5. The van der Waals surface area contributed by atoms with Gasteiger partial charge < -0.3 is 0 Å². The van der Waals surface area contributed by atoms with Crippen molar-refractivity contribution in [2.45, 2.75) is 18.5 Å². The van der Waals surface area contributed by atoms with Gasteiger partial charge >= 0.3 is 0 Å². The summed E-state index contributed by atoms with van der Waals surface area (Å²) in [6, 6.07) is 11.2. The highest BCUT2D eigenvalue weighted by Crippen LogP contribution is 2.51. The normalized spacial score (nSPS) is 27.5. The zero-order valence-electron chi connectivity index (χ0n) is 14.7. The molecule has 28 heavy (non-hydrogen) atoms. The third kappa shape index (κ3) is 2.54. The Morgan fingerprint density at radius 2 is 1.39 bits per heavy atom. The van der Waals surface area contributed by atoms with Gasteiger partial charge in [-0.1, -0.05) is 40.9 Å². The first-order valence-corrected chi connectivity index (χ1v) is 10.2. The van der Waals surface area contributed by atoms with Gasteiger partial charge in [0.05, 0.1) is 17.6 Å². The number of fused-ring (bicyclic) bond motifs is 3. The first kappa shape index (κ1) is 18.4. The molecule has 5 nitrogen and oxygen atoms in total. The molecule has 0 N–H and O–H groups in total. The number of nitrogens with zero attached hydrogens (tertiary/aromatic N) is 3. The summed E-state index contributed by atoms with van der Waals surface area (Å²) in [6.45, 7) is 1.49. The molecule has 0 radical (unpaired) electrons. The molecular formula is C20H16Cl3N3O2. The van der Waals surface area contributed by atoms with Crippen molar-refractivity contribution < 1.29 is 9.59 Å². The summed E-state index contributed by atoms with van der Waals surface area (Å²) in [4.78, 5) is 28.0. The van der Waals surface area contributed by atoms with E-state index in [9.17, 15) is 9.59 Å². The van der Waals surface area contributed by atoms with Crippen molar-refractivity contribution in [2.75, 3.05) is 18.0 Å². The first-order valence-electron chi connectivity index (χ1n) is 9.09. The highest BCUT2D eigenvalue weighted by atomic mass is 35.5. The molecule has 2 aromatic carbocycles. The molecule has 8 heteroatoms. The fraction of sp³-hybridized carbons (Fsp3) is 0.300. The van der Waals surface area contributed by atoms with Gasteiger partial charge in [0.2, 0.25) is 5.91 Å². The number of anilines is 1. The molecule has 0 spiro atoms. The SMILES string of the molecule is O=C1C2C(C(=O)N1c1ccc(Cl)cc1)N1CCCN1C2c1c(Cl)cccc1Cl. The van der Waals surface area contributed by atoms with E-state index in [1.165, 1.54) is 4.90 Å². The zero-order valence-corrected chi connectivity index (χ0v) is 17.0. The fourth-order valence-corrected chi connectivity index (χ4v) is 5.45. The number of benzene rings is 2. The molecule has 144 valence electrons. The Labute approximate surface area is 177 Å². The van der Waals surface area contributed by atoms with Crippen molar-refractivity contribution in [1.82, 2.24) is 10.0 Å². The van der Waals surface area contributed by atoms with Crippen LogP contribution in [-0.2, 0) is 9.59 Å². The number of rotatable bonds is 2. The van der Waals surface area contributed by atoms with Crippen molar-refractivity contribution in [3.05, 3.63) is 63.1 Å². The zero-order chi connectivity index (χ0) is 19.6.